The summed E-state index contributed by atoms with van der Waals surface area (Å²) in [4.78, 5) is 15.9. The van der Waals surface area contributed by atoms with Crippen molar-refractivity contribution in [2.75, 3.05) is 20.1 Å². The standard InChI is InChI=1S/C12H21N3O3S/c1-4-10(2)15(3)8-7-14-19(17,18)12-9-13-6-5-11(12)16/h5-6,9-10,14H,4,7-8H2,1-3H3,(H,13,16). The first kappa shape index (κ1) is 15.9. The highest BCUT2D eigenvalue weighted by atomic mass is 32.2. The van der Waals surface area contributed by atoms with Crippen molar-refractivity contribution in [2.45, 2.75) is 31.2 Å². The molecule has 1 unspecified atom stereocenters. The third-order valence-corrected chi connectivity index (χ3v) is 4.66. The van der Waals surface area contributed by atoms with Crippen LogP contribution in [0.15, 0.2) is 28.2 Å². The molecule has 0 saturated heterocycles. The van der Waals surface area contributed by atoms with Gasteiger partial charge in [-0.15, -0.1) is 0 Å². The van der Waals surface area contributed by atoms with Crippen molar-refractivity contribution in [1.29, 1.82) is 0 Å². The van der Waals surface area contributed by atoms with Gasteiger partial charge in [0.15, 0.2) is 0 Å². The monoisotopic (exact) mass is 287 g/mol. The average Bonchev–Trinajstić information content (AvgIpc) is 2.37. The topological polar surface area (TPSA) is 82.3 Å². The number of nitrogens with zero attached hydrogens (tertiary/aromatic N) is 1. The van der Waals surface area contributed by atoms with Crippen LogP contribution in [0.5, 0.6) is 0 Å². The van der Waals surface area contributed by atoms with Gasteiger partial charge in [-0.25, -0.2) is 13.1 Å². The van der Waals surface area contributed by atoms with Crippen molar-refractivity contribution in [2.24, 2.45) is 0 Å². The molecule has 0 saturated carbocycles. The van der Waals surface area contributed by atoms with E-state index >= 15 is 0 Å². The van der Waals surface area contributed by atoms with Gasteiger partial charge in [-0.1, -0.05) is 6.92 Å². The molecule has 7 heteroatoms. The highest BCUT2D eigenvalue weighted by Crippen LogP contribution is 2.01. The largest absolute Gasteiger partial charge is 0.366 e. The first-order valence-corrected chi connectivity index (χ1v) is 7.73. The number of likely N-dealkylation sites (N-methyl/N-ethyl adjacent to an activating group) is 1. The van der Waals surface area contributed by atoms with E-state index in [1.165, 1.54) is 18.5 Å². The molecule has 0 aromatic carbocycles. The van der Waals surface area contributed by atoms with E-state index in [-0.39, 0.29) is 11.4 Å². The van der Waals surface area contributed by atoms with Crippen LogP contribution in [-0.2, 0) is 10.0 Å². The van der Waals surface area contributed by atoms with Crippen LogP contribution in [0.3, 0.4) is 0 Å². The van der Waals surface area contributed by atoms with Gasteiger partial charge >= 0.3 is 0 Å². The molecule has 6 nitrogen and oxygen atoms in total. The molecule has 0 bridgehead atoms. The van der Waals surface area contributed by atoms with Crippen LogP contribution >= 0.6 is 0 Å². The van der Waals surface area contributed by atoms with Gasteiger partial charge in [0, 0.05) is 37.6 Å². The van der Waals surface area contributed by atoms with Crippen LogP contribution in [0, 0.1) is 0 Å². The maximum absolute atomic E-state index is 11.9. The van der Waals surface area contributed by atoms with Gasteiger partial charge in [0.2, 0.25) is 15.5 Å². The zero-order valence-electron chi connectivity index (χ0n) is 11.5. The van der Waals surface area contributed by atoms with Crippen molar-refractivity contribution in [3.63, 3.8) is 0 Å². The Hall–Kier alpha value is -1.18. The fourth-order valence-corrected chi connectivity index (χ4v) is 2.65. The molecule has 2 N–H and O–H groups in total. The highest BCUT2D eigenvalue weighted by molar-refractivity contribution is 7.89. The Balaban J connectivity index is 2.63. The summed E-state index contributed by atoms with van der Waals surface area (Å²) < 4.78 is 26.3. The summed E-state index contributed by atoms with van der Waals surface area (Å²) in [6.07, 6.45) is 3.60. The molecule has 0 spiro atoms. The quantitative estimate of drug-likeness (QED) is 0.760. The van der Waals surface area contributed by atoms with Crippen molar-refractivity contribution in [1.82, 2.24) is 14.6 Å². The number of aromatic nitrogens is 1. The minimum atomic E-state index is -3.74. The Kier molecular flexibility index (Phi) is 5.71. The third kappa shape index (κ3) is 4.45. The zero-order valence-corrected chi connectivity index (χ0v) is 12.3. The summed E-state index contributed by atoms with van der Waals surface area (Å²) in [7, 11) is -1.80. The molecule has 1 aromatic rings. The van der Waals surface area contributed by atoms with E-state index in [1.54, 1.807) is 0 Å². The van der Waals surface area contributed by atoms with Gasteiger partial charge in [-0.05, 0) is 20.4 Å². The van der Waals surface area contributed by atoms with Crippen molar-refractivity contribution < 1.29 is 8.42 Å². The maximum atomic E-state index is 11.9. The van der Waals surface area contributed by atoms with E-state index in [4.69, 9.17) is 0 Å². The summed E-state index contributed by atoms with van der Waals surface area (Å²) in [6.45, 7) is 5.03. The molecule has 0 aliphatic rings. The Morgan fingerprint density at radius 2 is 2.16 bits per heavy atom. The third-order valence-electron chi connectivity index (χ3n) is 3.18. The molecule has 0 aliphatic carbocycles. The number of hydrogen-bond acceptors (Lipinski definition) is 4. The number of H-pyrrole nitrogens is 1. The maximum Gasteiger partial charge on any atom is 0.245 e. The molecule has 0 amide bonds. The minimum Gasteiger partial charge on any atom is -0.366 e. The Morgan fingerprint density at radius 3 is 2.74 bits per heavy atom. The van der Waals surface area contributed by atoms with Crippen LogP contribution in [0.1, 0.15) is 20.3 Å². The molecule has 19 heavy (non-hydrogen) atoms. The second kappa shape index (κ2) is 6.83. The van der Waals surface area contributed by atoms with Crippen molar-refractivity contribution in [3.8, 4) is 0 Å². The second-order valence-corrected chi connectivity index (χ2v) is 6.24. The van der Waals surface area contributed by atoms with Crippen molar-refractivity contribution >= 4 is 10.0 Å². The number of nitrogens with one attached hydrogen (secondary N) is 2. The van der Waals surface area contributed by atoms with E-state index in [0.717, 1.165) is 6.42 Å². The van der Waals surface area contributed by atoms with Gasteiger partial charge in [0.1, 0.15) is 4.90 Å². The molecule has 1 atom stereocenters. The minimum absolute atomic E-state index is 0.249. The second-order valence-electron chi connectivity index (χ2n) is 4.51. The SMILES string of the molecule is CCC(C)N(C)CCNS(=O)(=O)c1c[nH]ccc1=O. The van der Waals surface area contributed by atoms with Crippen molar-refractivity contribution in [3.05, 3.63) is 28.7 Å². The van der Waals surface area contributed by atoms with E-state index in [2.05, 4.69) is 28.5 Å². The molecule has 0 radical (unpaired) electrons. The summed E-state index contributed by atoms with van der Waals surface area (Å²) in [5, 5.41) is 0. The first-order chi connectivity index (χ1) is 8.88. The number of aromatic amines is 1. The van der Waals surface area contributed by atoms with E-state index in [9.17, 15) is 13.2 Å². The summed E-state index contributed by atoms with van der Waals surface area (Å²) in [5.41, 5.74) is -0.512. The lowest BCUT2D eigenvalue weighted by Gasteiger charge is -2.23. The van der Waals surface area contributed by atoms with Crippen LogP contribution in [0.4, 0.5) is 0 Å². The lowest BCUT2D eigenvalue weighted by molar-refractivity contribution is 0.256. The molecular formula is C12H21N3O3S. The first-order valence-electron chi connectivity index (χ1n) is 6.25. The van der Waals surface area contributed by atoms with Crippen LogP contribution in [-0.4, -0.2) is 44.5 Å². The van der Waals surface area contributed by atoms with E-state index in [0.29, 0.717) is 12.6 Å². The molecular weight excluding hydrogens is 266 g/mol. The molecule has 1 heterocycles. The molecule has 108 valence electrons. The van der Waals surface area contributed by atoms with Gasteiger partial charge in [-0.2, -0.15) is 0 Å². The Labute approximate surface area is 113 Å². The predicted molar refractivity (Wildman–Crippen MR) is 74.6 cm³/mol. The summed E-state index contributed by atoms with van der Waals surface area (Å²) in [6, 6.07) is 1.59. The van der Waals surface area contributed by atoms with Crippen LogP contribution in [0.25, 0.3) is 0 Å². The lowest BCUT2D eigenvalue weighted by Crippen LogP contribution is -2.38. The van der Waals surface area contributed by atoms with Gasteiger partial charge in [0.05, 0.1) is 0 Å². The van der Waals surface area contributed by atoms with E-state index < -0.39 is 15.5 Å². The number of pyridine rings is 1. The molecule has 1 rings (SSSR count). The van der Waals surface area contributed by atoms with Gasteiger partial charge < -0.3 is 9.88 Å². The molecule has 0 fully saturated rings. The Bertz CT molecular complexity index is 553. The van der Waals surface area contributed by atoms with Crippen LogP contribution in [0.2, 0.25) is 0 Å². The molecule has 0 aliphatic heterocycles. The summed E-state index contributed by atoms with van der Waals surface area (Å²) in [5.74, 6) is 0. The van der Waals surface area contributed by atoms with Gasteiger partial charge in [-0.3, -0.25) is 4.79 Å². The fourth-order valence-electron chi connectivity index (χ4n) is 1.58. The van der Waals surface area contributed by atoms with Gasteiger partial charge in [0.25, 0.3) is 0 Å². The summed E-state index contributed by atoms with van der Waals surface area (Å²) >= 11 is 0. The number of rotatable bonds is 7. The highest BCUT2D eigenvalue weighted by Gasteiger charge is 2.17. The van der Waals surface area contributed by atoms with Crippen LogP contribution < -0.4 is 10.2 Å². The Morgan fingerprint density at radius 1 is 1.47 bits per heavy atom. The smallest absolute Gasteiger partial charge is 0.245 e. The molecule has 1 aromatic heterocycles. The predicted octanol–water partition coefficient (Wildman–Crippen LogP) is 0.383. The average molecular weight is 287 g/mol. The van der Waals surface area contributed by atoms with E-state index in [1.807, 2.05) is 7.05 Å². The normalized spacial score (nSPS) is 13.7. The number of sulfonamides is 1. The number of hydrogen-bond donors (Lipinski definition) is 2. The fraction of sp³-hybridized carbons (Fsp3) is 0.583. The lowest BCUT2D eigenvalue weighted by atomic mass is 10.2. The zero-order chi connectivity index (χ0) is 14.5.